The largest absolute Gasteiger partial charge is 0.504 e. The van der Waals surface area contributed by atoms with Crippen LogP contribution in [0.4, 0.5) is 0 Å². The van der Waals surface area contributed by atoms with Crippen LogP contribution in [0.1, 0.15) is 34.6 Å². The van der Waals surface area contributed by atoms with E-state index in [0.717, 1.165) is 0 Å². The van der Waals surface area contributed by atoms with Gasteiger partial charge in [0.05, 0.1) is 23.6 Å². The summed E-state index contributed by atoms with van der Waals surface area (Å²) < 4.78 is 11.2. The van der Waals surface area contributed by atoms with Crippen molar-refractivity contribution in [1.29, 1.82) is 0 Å². The standard InChI is InChI=1S/C20H17NO5/c1-3-25-15-10-11(8-9-13(15)22)17-16-18(23)12-6-4-5-7-14(12)26-19(16)20(24)21(17)2/h4-10,17,22H,3H2,1-2H3/t17-/m1/s1. The van der Waals surface area contributed by atoms with Gasteiger partial charge in [-0.25, -0.2) is 0 Å². The van der Waals surface area contributed by atoms with Crippen LogP contribution in [0.3, 0.4) is 0 Å². The van der Waals surface area contributed by atoms with Crippen LogP contribution in [-0.2, 0) is 0 Å². The van der Waals surface area contributed by atoms with E-state index in [4.69, 9.17) is 9.15 Å². The minimum absolute atomic E-state index is 0.00773. The summed E-state index contributed by atoms with van der Waals surface area (Å²) in [6, 6.07) is 11.1. The lowest BCUT2D eigenvalue weighted by molar-refractivity contribution is 0.0771. The van der Waals surface area contributed by atoms with Crippen LogP contribution >= 0.6 is 0 Å². The number of fused-ring (bicyclic) bond motifs is 2. The summed E-state index contributed by atoms with van der Waals surface area (Å²) in [5.74, 6) is 0.0314. The Bertz CT molecular complexity index is 1090. The van der Waals surface area contributed by atoms with Crippen LogP contribution in [0, 0.1) is 0 Å². The van der Waals surface area contributed by atoms with Gasteiger partial charge in [0, 0.05) is 7.05 Å². The lowest BCUT2D eigenvalue weighted by atomic mass is 9.98. The van der Waals surface area contributed by atoms with Crippen molar-refractivity contribution in [3.8, 4) is 11.5 Å². The zero-order valence-corrected chi connectivity index (χ0v) is 14.4. The van der Waals surface area contributed by atoms with Gasteiger partial charge in [0.1, 0.15) is 5.58 Å². The van der Waals surface area contributed by atoms with Crippen LogP contribution in [-0.4, -0.2) is 29.6 Å². The first-order valence-electron chi connectivity index (χ1n) is 8.31. The molecule has 0 radical (unpaired) electrons. The zero-order valence-electron chi connectivity index (χ0n) is 14.4. The quantitative estimate of drug-likeness (QED) is 0.784. The molecule has 4 rings (SSSR count). The van der Waals surface area contributed by atoms with E-state index in [1.54, 1.807) is 43.4 Å². The minimum atomic E-state index is -0.599. The van der Waals surface area contributed by atoms with Gasteiger partial charge in [-0.3, -0.25) is 9.59 Å². The summed E-state index contributed by atoms with van der Waals surface area (Å²) >= 11 is 0. The molecule has 0 saturated carbocycles. The fourth-order valence-corrected chi connectivity index (χ4v) is 3.40. The molecule has 1 aromatic heterocycles. The van der Waals surface area contributed by atoms with Crippen LogP contribution in [0.15, 0.2) is 51.7 Å². The Morgan fingerprint density at radius 2 is 1.96 bits per heavy atom. The predicted octanol–water partition coefficient (Wildman–Crippen LogP) is 3.07. The number of carbonyl (C=O) groups is 1. The van der Waals surface area contributed by atoms with Crippen LogP contribution < -0.4 is 10.2 Å². The number of rotatable bonds is 3. The number of amides is 1. The number of hydrogen-bond donors (Lipinski definition) is 1. The number of hydrogen-bond acceptors (Lipinski definition) is 5. The van der Waals surface area contributed by atoms with Gasteiger partial charge in [-0.2, -0.15) is 0 Å². The summed E-state index contributed by atoms with van der Waals surface area (Å²) in [5, 5.41) is 10.4. The minimum Gasteiger partial charge on any atom is -0.504 e. The van der Waals surface area contributed by atoms with Crippen molar-refractivity contribution in [1.82, 2.24) is 4.90 Å². The Hall–Kier alpha value is -3.28. The molecule has 0 aliphatic carbocycles. The molecule has 1 amide bonds. The van der Waals surface area contributed by atoms with Crippen LogP contribution in [0.5, 0.6) is 11.5 Å². The number of phenolic OH excluding ortho intramolecular Hbond substituents is 1. The number of aromatic hydroxyl groups is 1. The summed E-state index contributed by atoms with van der Waals surface area (Å²) in [5.41, 5.74) is 1.14. The molecule has 0 fully saturated rings. The lowest BCUT2D eigenvalue weighted by Crippen LogP contribution is -2.25. The molecule has 0 unspecified atom stereocenters. The van der Waals surface area contributed by atoms with Crippen molar-refractivity contribution in [3.63, 3.8) is 0 Å². The van der Waals surface area contributed by atoms with E-state index >= 15 is 0 Å². The Morgan fingerprint density at radius 1 is 1.19 bits per heavy atom. The smallest absolute Gasteiger partial charge is 0.290 e. The highest BCUT2D eigenvalue weighted by Crippen LogP contribution is 2.39. The monoisotopic (exact) mass is 351 g/mol. The third kappa shape index (κ3) is 2.26. The molecule has 1 aliphatic rings. The van der Waals surface area contributed by atoms with Gasteiger partial charge in [-0.05, 0) is 36.8 Å². The van der Waals surface area contributed by atoms with E-state index in [1.165, 1.54) is 11.0 Å². The second kappa shape index (κ2) is 5.91. The SMILES string of the molecule is CCOc1cc([C@@H]2c3c(oc4ccccc4c3=O)C(=O)N2C)ccc1O. The topological polar surface area (TPSA) is 80.0 Å². The molecule has 0 saturated heterocycles. The molecular weight excluding hydrogens is 334 g/mol. The normalized spacial score (nSPS) is 16.2. The second-order valence-corrected chi connectivity index (χ2v) is 6.15. The maximum Gasteiger partial charge on any atom is 0.290 e. The Morgan fingerprint density at radius 3 is 2.73 bits per heavy atom. The molecule has 6 heteroatoms. The third-order valence-corrected chi connectivity index (χ3v) is 4.61. The third-order valence-electron chi connectivity index (χ3n) is 4.61. The number of para-hydroxylation sites is 1. The first kappa shape index (κ1) is 16.2. The highest BCUT2D eigenvalue weighted by molar-refractivity contribution is 5.98. The van der Waals surface area contributed by atoms with Gasteiger partial charge in [0.15, 0.2) is 16.9 Å². The van der Waals surface area contributed by atoms with Gasteiger partial charge in [-0.15, -0.1) is 0 Å². The average molecular weight is 351 g/mol. The van der Waals surface area contributed by atoms with Crippen molar-refractivity contribution >= 4 is 16.9 Å². The molecule has 0 bridgehead atoms. The van der Waals surface area contributed by atoms with E-state index in [-0.39, 0.29) is 22.8 Å². The fraction of sp³-hybridized carbons (Fsp3) is 0.200. The Balaban J connectivity index is 1.96. The Labute approximate surface area is 149 Å². The van der Waals surface area contributed by atoms with Crippen LogP contribution in [0.2, 0.25) is 0 Å². The number of benzene rings is 2. The van der Waals surface area contributed by atoms with E-state index < -0.39 is 6.04 Å². The fourth-order valence-electron chi connectivity index (χ4n) is 3.40. The number of phenols is 1. The highest BCUT2D eigenvalue weighted by atomic mass is 16.5. The first-order valence-corrected chi connectivity index (χ1v) is 8.31. The summed E-state index contributed by atoms with van der Waals surface area (Å²) in [7, 11) is 1.62. The maximum atomic E-state index is 13.1. The number of nitrogens with zero attached hydrogens (tertiary/aromatic N) is 1. The summed E-state index contributed by atoms with van der Waals surface area (Å²) in [6.45, 7) is 2.20. The lowest BCUT2D eigenvalue weighted by Gasteiger charge is -2.21. The zero-order chi connectivity index (χ0) is 18.4. The van der Waals surface area contributed by atoms with Gasteiger partial charge in [0.25, 0.3) is 5.91 Å². The second-order valence-electron chi connectivity index (χ2n) is 6.15. The van der Waals surface area contributed by atoms with E-state index in [2.05, 4.69) is 0 Å². The van der Waals surface area contributed by atoms with Crippen molar-refractivity contribution in [2.45, 2.75) is 13.0 Å². The van der Waals surface area contributed by atoms with Crippen molar-refractivity contribution in [3.05, 3.63) is 69.6 Å². The van der Waals surface area contributed by atoms with Gasteiger partial charge < -0.3 is 19.2 Å². The van der Waals surface area contributed by atoms with E-state index in [1.807, 2.05) is 6.92 Å². The molecule has 2 aromatic carbocycles. The van der Waals surface area contributed by atoms with Gasteiger partial charge >= 0.3 is 0 Å². The number of carbonyl (C=O) groups excluding carboxylic acids is 1. The molecule has 3 aromatic rings. The van der Waals surface area contributed by atoms with Crippen molar-refractivity contribution < 1.29 is 19.1 Å². The Kier molecular flexibility index (Phi) is 3.68. The molecule has 26 heavy (non-hydrogen) atoms. The van der Waals surface area contributed by atoms with Crippen molar-refractivity contribution in [2.75, 3.05) is 13.7 Å². The maximum absolute atomic E-state index is 13.1. The average Bonchev–Trinajstić information content (AvgIpc) is 2.89. The van der Waals surface area contributed by atoms with Crippen molar-refractivity contribution in [2.24, 2.45) is 0 Å². The van der Waals surface area contributed by atoms with Gasteiger partial charge in [-0.1, -0.05) is 18.2 Å². The molecule has 6 nitrogen and oxygen atoms in total. The summed E-state index contributed by atoms with van der Waals surface area (Å²) in [4.78, 5) is 27.2. The molecule has 132 valence electrons. The number of ether oxygens (including phenoxy) is 1. The van der Waals surface area contributed by atoms with Gasteiger partial charge in [0.2, 0.25) is 5.76 Å². The first-order chi connectivity index (χ1) is 12.5. The molecule has 2 heterocycles. The van der Waals surface area contributed by atoms with E-state index in [0.29, 0.717) is 34.5 Å². The van der Waals surface area contributed by atoms with Crippen LogP contribution in [0.25, 0.3) is 11.0 Å². The highest BCUT2D eigenvalue weighted by Gasteiger charge is 2.40. The summed E-state index contributed by atoms with van der Waals surface area (Å²) in [6.07, 6.45) is 0. The van der Waals surface area contributed by atoms with E-state index in [9.17, 15) is 14.7 Å². The molecular formula is C20H17NO5. The predicted molar refractivity (Wildman–Crippen MR) is 95.7 cm³/mol. The molecule has 1 N–H and O–H groups in total. The molecule has 1 atom stereocenters. The molecule has 1 aliphatic heterocycles. The molecule has 0 spiro atoms.